The highest BCUT2D eigenvalue weighted by atomic mass is 35.5. The Morgan fingerprint density at radius 2 is 1.78 bits per heavy atom. The molecule has 9 heteroatoms. The Labute approximate surface area is 161 Å². The molecular weight excluding hydrogens is 385 g/mol. The van der Waals surface area contributed by atoms with E-state index >= 15 is 0 Å². The lowest BCUT2D eigenvalue weighted by molar-refractivity contribution is -0.137. The standard InChI is InChI=1S/C18H19F3N2O3.ClH/c1-25-6-7-26-16-4-2-13(3-5-16)17(24)23-15-9-12(11-22)8-14(10-15)18(19,20)21;/h2-5,8-10H,6-7,11,22H2,1H3,(H,23,24);1H. The van der Waals surface area contributed by atoms with Gasteiger partial charge in [-0.15, -0.1) is 12.4 Å². The summed E-state index contributed by atoms with van der Waals surface area (Å²) >= 11 is 0. The maximum absolute atomic E-state index is 12.9. The molecule has 2 aromatic carbocycles. The van der Waals surface area contributed by atoms with Crippen LogP contribution in [-0.4, -0.2) is 26.2 Å². The van der Waals surface area contributed by atoms with Gasteiger partial charge in [0.25, 0.3) is 5.91 Å². The summed E-state index contributed by atoms with van der Waals surface area (Å²) in [6.45, 7) is 0.732. The van der Waals surface area contributed by atoms with E-state index in [-0.39, 0.29) is 35.8 Å². The Morgan fingerprint density at radius 3 is 2.33 bits per heavy atom. The molecule has 0 aliphatic rings. The van der Waals surface area contributed by atoms with Crippen LogP contribution in [0.3, 0.4) is 0 Å². The van der Waals surface area contributed by atoms with Crippen molar-refractivity contribution in [3.05, 3.63) is 59.2 Å². The number of halogens is 4. The Bertz CT molecular complexity index is 753. The van der Waals surface area contributed by atoms with E-state index in [2.05, 4.69) is 5.32 Å². The molecule has 0 aliphatic carbocycles. The van der Waals surface area contributed by atoms with Gasteiger partial charge in [-0.1, -0.05) is 0 Å². The molecule has 0 spiro atoms. The Morgan fingerprint density at radius 1 is 1.11 bits per heavy atom. The Kier molecular flexibility index (Phi) is 8.55. The third kappa shape index (κ3) is 6.74. The average Bonchev–Trinajstić information content (AvgIpc) is 2.61. The number of benzene rings is 2. The quantitative estimate of drug-likeness (QED) is 0.687. The SMILES string of the molecule is COCCOc1ccc(C(=O)Nc2cc(CN)cc(C(F)(F)F)c2)cc1.Cl. The van der Waals surface area contributed by atoms with Gasteiger partial charge in [0.2, 0.25) is 0 Å². The molecule has 27 heavy (non-hydrogen) atoms. The second kappa shape index (κ2) is 10.1. The molecule has 0 bridgehead atoms. The van der Waals surface area contributed by atoms with E-state index in [1.54, 1.807) is 19.2 Å². The number of nitrogens with two attached hydrogens (primary N) is 1. The highest BCUT2D eigenvalue weighted by molar-refractivity contribution is 6.04. The molecule has 3 N–H and O–H groups in total. The highest BCUT2D eigenvalue weighted by Gasteiger charge is 2.31. The average molecular weight is 405 g/mol. The van der Waals surface area contributed by atoms with Crippen LogP contribution in [0.2, 0.25) is 0 Å². The normalized spacial score (nSPS) is 10.9. The molecule has 0 fully saturated rings. The zero-order valence-corrected chi connectivity index (χ0v) is 15.3. The highest BCUT2D eigenvalue weighted by Crippen LogP contribution is 2.32. The summed E-state index contributed by atoms with van der Waals surface area (Å²) in [5, 5.41) is 2.46. The van der Waals surface area contributed by atoms with Gasteiger partial charge in [-0.2, -0.15) is 13.2 Å². The van der Waals surface area contributed by atoms with Crippen LogP contribution < -0.4 is 15.8 Å². The zero-order valence-electron chi connectivity index (χ0n) is 14.5. The summed E-state index contributed by atoms with van der Waals surface area (Å²) in [7, 11) is 1.56. The number of hydrogen-bond donors (Lipinski definition) is 2. The fourth-order valence-electron chi connectivity index (χ4n) is 2.19. The van der Waals surface area contributed by atoms with E-state index in [9.17, 15) is 18.0 Å². The molecule has 1 amide bonds. The van der Waals surface area contributed by atoms with Crippen LogP contribution >= 0.6 is 12.4 Å². The number of carbonyl (C=O) groups excluding carboxylic acids is 1. The van der Waals surface area contributed by atoms with E-state index in [4.69, 9.17) is 15.2 Å². The van der Waals surface area contributed by atoms with Crippen molar-refractivity contribution in [3.8, 4) is 5.75 Å². The molecule has 0 aromatic heterocycles. The lowest BCUT2D eigenvalue weighted by atomic mass is 10.1. The van der Waals surface area contributed by atoms with Crippen LogP contribution in [0.15, 0.2) is 42.5 Å². The van der Waals surface area contributed by atoms with Crippen molar-refractivity contribution < 1.29 is 27.4 Å². The first-order valence-electron chi connectivity index (χ1n) is 7.78. The largest absolute Gasteiger partial charge is 0.491 e. The third-order valence-electron chi connectivity index (χ3n) is 3.49. The summed E-state index contributed by atoms with van der Waals surface area (Å²) < 4.78 is 49.1. The fraction of sp³-hybridized carbons (Fsp3) is 0.278. The summed E-state index contributed by atoms with van der Waals surface area (Å²) in [6.07, 6.45) is -4.52. The van der Waals surface area contributed by atoms with Crippen molar-refractivity contribution in [2.45, 2.75) is 12.7 Å². The van der Waals surface area contributed by atoms with Crippen LogP contribution in [-0.2, 0) is 17.5 Å². The van der Waals surface area contributed by atoms with Crippen molar-refractivity contribution in [2.75, 3.05) is 25.6 Å². The minimum absolute atomic E-state index is 0. The van der Waals surface area contributed by atoms with E-state index in [1.165, 1.54) is 18.2 Å². The maximum atomic E-state index is 12.9. The lowest BCUT2D eigenvalue weighted by Gasteiger charge is -2.13. The number of hydrogen-bond acceptors (Lipinski definition) is 4. The van der Waals surface area contributed by atoms with Crippen LogP contribution in [0, 0.1) is 0 Å². The van der Waals surface area contributed by atoms with Crippen molar-refractivity contribution in [2.24, 2.45) is 5.73 Å². The second-order valence-corrected chi connectivity index (χ2v) is 5.44. The minimum atomic E-state index is -4.52. The van der Waals surface area contributed by atoms with Gasteiger partial charge in [0.15, 0.2) is 0 Å². The van der Waals surface area contributed by atoms with Gasteiger partial charge >= 0.3 is 6.18 Å². The number of alkyl halides is 3. The molecule has 0 saturated carbocycles. The van der Waals surface area contributed by atoms with Crippen LogP contribution in [0.1, 0.15) is 21.5 Å². The molecule has 0 aliphatic heterocycles. The monoisotopic (exact) mass is 404 g/mol. The number of amides is 1. The summed E-state index contributed by atoms with van der Waals surface area (Å²) in [5.74, 6) is 0.0267. The van der Waals surface area contributed by atoms with Crippen molar-refractivity contribution in [1.82, 2.24) is 0 Å². The molecule has 0 radical (unpaired) electrons. The topological polar surface area (TPSA) is 73.6 Å². The van der Waals surface area contributed by atoms with Gasteiger partial charge in [0.05, 0.1) is 12.2 Å². The van der Waals surface area contributed by atoms with Crippen LogP contribution in [0.25, 0.3) is 0 Å². The molecule has 148 valence electrons. The number of rotatable bonds is 7. The molecule has 0 saturated heterocycles. The second-order valence-electron chi connectivity index (χ2n) is 5.44. The molecule has 2 aromatic rings. The first-order valence-corrected chi connectivity index (χ1v) is 7.78. The van der Waals surface area contributed by atoms with Crippen molar-refractivity contribution >= 4 is 24.0 Å². The first-order chi connectivity index (χ1) is 12.3. The van der Waals surface area contributed by atoms with E-state index in [1.807, 2.05) is 0 Å². The summed E-state index contributed by atoms with van der Waals surface area (Å²) in [5.41, 5.74) is 5.17. The molecule has 5 nitrogen and oxygen atoms in total. The molecule has 0 atom stereocenters. The lowest BCUT2D eigenvalue weighted by Crippen LogP contribution is -2.14. The molecule has 0 heterocycles. The number of ether oxygens (including phenoxy) is 2. The zero-order chi connectivity index (χ0) is 19.2. The first kappa shape index (κ1) is 22.8. The Balaban J connectivity index is 0.00000364. The maximum Gasteiger partial charge on any atom is 0.416 e. The smallest absolute Gasteiger partial charge is 0.416 e. The molecule has 0 unspecified atom stereocenters. The molecule has 2 rings (SSSR count). The summed E-state index contributed by atoms with van der Waals surface area (Å²) in [4.78, 5) is 12.3. The van der Waals surface area contributed by atoms with Crippen molar-refractivity contribution in [1.29, 1.82) is 0 Å². The van der Waals surface area contributed by atoms with E-state index in [0.29, 0.717) is 19.0 Å². The minimum Gasteiger partial charge on any atom is -0.491 e. The predicted molar refractivity (Wildman–Crippen MR) is 98.3 cm³/mol. The van der Waals surface area contributed by atoms with Crippen LogP contribution in [0.4, 0.5) is 18.9 Å². The van der Waals surface area contributed by atoms with Gasteiger partial charge in [0.1, 0.15) is 12.4 Å². The van der Waals surface area contributed by atoms with Gasteiger partial charge in [0, 0.05) is 24.9 Å². The van der Waals surface area contributed by atoms with Gasteiger partial charge in [-0.3, -0.25) is 4.79 Å². The number of nitrogens with one attached hydrogen (secondary N) is 1. The van der Waals surface area contributed by atoms with E-state index in [0.717, 1.165) is 12.1 Å². The summed E-state index contributed by atoms with van der Waals surface area (Å²) in [6, 6.07) is 9.49. The number of anilines is 1. The van der Waals surface area contributed by atoms with Crippen LogP contribution in [0.5, 0.6) is 5.75 Å². The van der Waals surface area contributed by atoms with Gasteiger partial charge in [-0.05, 0) is 48.0 Å². The fourth-order valence-corrected chi connectivity index (χ4v) is 2.19. The number of carbonyl (C=O) groups is 1. The molecular formula is C18H20ClF3N2O3. The Hall–Kier alpha value is -2.29. The number of methoxy groups -OCH3 is 1. The third-order valence-corrected chi connectivity index (χ3v) is 3.49. The van der Waals surface area contributed by atoms with Gasteiger partial charge in [-0.25, -0.2) is 0 Å². The van der Waals surface area contributed by atoms with Gasteiger partial charge < -0.3 is 20.5 Å². The van der Waals surface area contributed by atoms with Crippen molar-refractivity contribution in [3.63, 3.8) is 0 Å². The van der Waals surface area contributed by atoms with E-state index < -0.39 is 17.6 Å². The predicted octanol–water partition coefficient (Wildman–Crippen LogP) is 3.86.